The first-order valence-electron chi connectivity index (χ1n) is 12.4. The number of halogens is 2. The molecule has 0 saturated heterocycles. The quantitative estimate of drug-likeness (QED) is 0.406. The molecule has 186 valence electrons. The van der Waals surface area contributed by atoms with Gasteiger partial charge < -0.3 is 10.4 Å². The van der Waals surface area contributed by atoms with Gasteiger partial charge in [0.15, 0.2) is 11.6 Å². The lowest BCUT2D eigenvalue weighted by Crippen LogP contribution is -2.33. The average molecular weight is 491 g/mol. The number of hydrogen-bond donors (Lipinski definition) is 2. The smallest absolute Gasteiger partial charge is 0.326 e. The van der Waals surface area contributed by atoms with Crippen LogP contribution in [0.15, 0.2) is 60.7 Å². The topological polar surface area (TPSA) is 69.6 Å². The van der Waals surface area contributed by atoms with Crippen LogP contribution in [-0.4, -0.2) is 23.7 Å². The fraction of sp³-hybridized carbons (Fsp3) is 0.310. The predicted octanol–water partition coefficient (Wildman–Crippen LogP) is 6.97. The minimum atomic E-state index is -1.00. The first-order chi connectivity index (χ1) is 17.4. The molecule has 0 bridgehead atoms. The molecule has 5 rings (SSSR count). The Hall–Kier alpha value is -3.74. The van der Waals surface area contributed by atoms with Crippen molar-refractivity contribution in [3.8, 4) is 11.1 Å². The molecule has 7 heteroatoms. The SMILES string of the molecule is O=C(O)C[C@H]1CC[C@H](c2ccc(-c3ccc4c(c3)CCN4C(=O)Nc3ccc(F)c(F)c3)cc2)CC1. The van der Waals surface area contributed by atoms with E-state index in [0.717, 1.165) is 60.2 Å². The highest BCUT2D eigenvalue weighted by Gasteiger charge is 2.26. The van der Waals surface area contributed by atoms with Gasteiger partial charge in [0.25, 0.3) is 0 Å². The zero-order valence-corrected chi connectivity index (χ0v) is 19.8. The average Bonchev–Trinajstić information content (AvgIpc) is 3.30. The first-order valence-corrected chi connectivity index (χ1v) is 12.4. The van der Waals surface area contributed by atoms with Crippen molar-refractivity contribution in [3.05, 3.63) is 83.4 Å². The van der Waals surface area contributed by atoms with Gasteiger partial charge in [-0.3, -0.25) is 9.69 Å². The molecule has 0 atom stereocenters. The van der Waals surface area contributed by atoms with E-state index in [1.54, 1.807) is 4.90 Å². The molecule has 2 amide bonds. The number of benzene rings is 3. The number of aliphatic carboxylic acids is 1. The van der Waals surface area contributed by atoms with Crippen LogP contribution in [0.5, 0.6) is 0 Å². The van der Waals surface area contributed by atoms with E-state index < -0.39 is 17.6 Å². The number of anilines is 2. The summed E-state index contributed by atoms with van der Waals surface area (Å²) in [4.78, 5) is 25.3. The van der Waals surface area contributed by atoms with E-state index in [9.17, 15) is 18.4 Å². The van der Waals surface area contributed by atoms with Crippen LogP contribution < -0.4 is 10.2 Å². The summed E-state index contributed by atoms with van der Waals surface area (Å²) < 4.78 is 26.6. The fourth-order valence-electron chi connectivity index (χ4n) is 5.45. The highest BCUT2D eigenvalue weighted by Crippen LogP contribution is 2.38. The Morgan fingerprint density at radius 2 is 1.61 bits per heavy atom. The fourth-order valence-corrected chi connectivity index (χ4v) is 5.45. The first kappa shape index (κ1) is 24.0. The maximum atomic E-state index is 13.5. The molecule has 3 aromatic rings. The molecule has 2 aliphatic rings. The maximum Gasteiger partial charge on any atom is 0.326 e. The number of hydrogen-bond acceptors (Lipinski definition) is 2. The second kappa shape index (κ2) is 10.1. The summed E-state index contributed by atoms with van der Waals surface area (Å²) in [5, 5.41) is 11.7. The van der Waals surface area contributed by atoms with Crippen LogP contribution in [0.25, 0.3) is 11.1 Å². The van der Waals surface area contributed by atoms with Crippen LogP contribution in [0.3, 0.4) is 0 Å². The lowest BCUT2D eigenvalue weighted by Gasteiger charge is -2.28. The summed E-state index contributed by atoms with van der Waals surface area (Å²) in [5.74, 6) is -1.89. The second-order valence-electron chi connectivity index (χ2n) is 9.74. The lowest BCUT2D eigenvalue weighted by molar-refractivity contribution is -0.138. The molecule has 1 saturated carbocycles. The molecule has 2 N–H and O–H groups in total. The number of nitrogens with zero attached hydrogens (tertiary/aromatic N) is 1. The molecule has 1 aliphatic carbocycles. The normalized spacial score (nSPS) is 19.1. The van der Waals surface area contributed by atoms with Crippen molar-refractivity contribution < 1.29 is 23.5 Å². The molecule has 36 heavy (non-hydrogen) atoms. The van der Waals surface area contributed by atoms with Gasteiger partial charge >= 0.3 is 12.0 Å². The number of amides is 2. The Kier molecular flexibility index (Phi) is 6.72. The number of rotatable bonds is 5. The number of carbonyl (C=O) groups is 2. The summed E-state index contributed by atoms with van der Waals surface area (Å²) in [5.41, 5.74) is 5.56. The van der Waals surface area contributed by atoms with Crippen molar-refractivity contribution >= 4 is 23.4 Å². The second-order valence-corrected chi connectivity index (χ2v) is 9.74. The van der Waals surface area contributed by atoms with Crippen LogP contribution in [0, 0.1) is 17.6 Å². The molecule has 0 radical (unpaired) electrons. The third-order valence-corrected chi connectivity index (χ3v) is 7.42. The minimum absolute atomic E-state index is 0.208. The van der Waals surface area contributed by atoms with Crippen LogP contribution in [-0.2, 0) is 11.2 Å². The van der Waals surface area contributed by atoms with E-state index in [1.807, 2.05) is 12.1 Å². The van der Waals surface area contributed by atoms with Gasteiger partial charge in [-0.05, 0) is 90.5 Å². The molecule has 1 fully saturated rings. The van der Waals surface area contributed by atoms with Gasteiger partial charge in [0.2, 0.25) is 0 Å². The minimum Gasteiger partial charge on any atom is -0.481 e. The summed E-state index contributed by atoms with van der Waals surface area (Å²) in [7, 11) is 0. The van der Waals surface area contributed by atoms with Gasteiger partial charge in [-0.25, -0.2) is 13.6 Å². The van der Waals surface area contributed by atoms with Gasteiger partial charge in [0.05, 0.1) is 0 Å². The van der Waals surface area contributed by atoms with Crippen molar-refractivity contribution in [3.63, 3.8) is 0 Å². The largest absolute Gasteiger partial charge is 0.481 e. The number of nitrogens with one attached hydrogen (secondary N) is 1. The monoisotopic (exact) mass is 490 g/mol. The van der Waals surface area contributed by atoms with E-state index in [-0.39, 0.29) is 18.1 Å². The highest BCUT2D eigenvalue weighted by atomic mass is 19.2. The Morgan fingerprint density at radius 1 is 0.889 bits per heavy atom. The van der Waals surface area contributed by atoms with Crippen LogP contribution >= 0.6 is 0 Å². The van der Waals surface area contributed by atoms with Gasteiger partial charge in [-0.2, -0.15) is 0 Å². The van der Waals surface area contributed by atoms with Crippen molar-refractivity contribution in [2.75, 3.05) is 16.8 Å². The summed E-state index contributed by atoms with van der Waals surface area (Å²) >= 11 is 0. The summed E-state index contributed by atoms with van der Waals surface area (Å²) in [6.45, 7) is 0.512. The Balaban J connectivity index is 1.24. The Morgan fingerprint density at radius 3 is 2.31 bits per heavy atom. The summed E-state index contributed by atoms with van der Waals surface area (Å²) in [6, 6.07) is 17.5. The van der Waals surface area contributed by atoms with E-state index in [2.05, 4.69) is 35.6 Å². The van der Waals surface area contributed by atoms with Crippen LogP contribution in [0.4, 0.5) is 25.0 Å². The Bertz CT molecular complexity index is 1280. The van der Waals surface area contributed by atoms with Crippen LogP contribution in [0.2, 0.25) is 0 Å². The van der Waals surface area contributed by atoms with Gasteiger partial charge in [-0.15, -0.1) is 0 Å². The molecule has 1 heterocycles. The van der Waals surface area contributed by atoms with Crippen molar-refractivity contribution in [1.82, 2.24) is 0 Å². The van der Waals surface area contributed by atoms with Crippen molar-refractivity contribution in [1.29, 1.82) is 0 Å². The van der Waals surface area contributed by atoms with E-state index >= 15 is 0 Å². The Labute approximate surface area is 208 Å². The molecule has 0 aromatic heterocycles. The third-order valence-electron chi connectivity index (χ3n) is 7.42. The van der Waals surface area contributed by atoms with Crippen LogP contribution in [0.1, 0.15) is 49.1 Å². The zero-order chi connectivity index (χ0) is 25.2. The summed E-state index contributed by atoms with van der Waals surface area (Å²) in [6.07, 6.45) is 4.96. The lowest BCUT2D eigenvalue weighted by atomic mass is 9.77. The van der Waals surface area contributed by atoms with E-state index in [4.69, 9.17) is 5.11 Å². The molecule has 5 nitrogen and oxygen atoms in total. The van der Waals surface area contributed by atoms with Gasteiger partial charge in [0, 0.05) is 30.4 Å². The number of urea groups is 1. The highest BCUT2D eigenvalue weighted by molar-refractivity contribution is 6.03. The predicted molar refractivity (Wildman–Crippen MR) is 135 cm³/mol. The number of carboxylic acid groups (broad SMARTS) is 1. The molecule has 1 aliphatic heterocycles. The molecule has 0 unspecified atom stereocenters. The zero-order valence-electron chi connectivity index (χ0n) is 19.8. The standard InChI is InChI=1S/C29H28F2N2O3/c30-25-11-10-24(17-26(25)31)32-29(36)33-14-13-23-16-22(9-12-27(23)33)21-7-5-20(6-8-21)19-3-1-18(2-4-19)15-28(34)35/h5-12,16-19H,1-4,13-15H2,(H,32,36)(H,34,35)/t18-,19-. The van der Waals surface area contributed by atoms with Gasteiger partial charge in [-0.1, -0.05) is 30.3 Å². The number of fused-ring (bicyclic) bond motifs is 1. The van der Waals surface area contributed by atoms with E-state index in [0.29, 0.717) is 24.8 Å². The van der Waals surface area contributed by atoms with Gasteiger partial charge in [0.1, 0.15) is 0 Å². The molecular weight excluding hydrogens is 462 g/mol. The molecule has 0 spiro atoms. The van der Waals surface area contributed by atoms with Crippen molar-refractivity contribution in [2.24, 2.45) is 5.92 Å². The molecule has 3 aromatic carbocycles. The number of carboxylic acids is 1. The van der Waals surface area contributed by atoms with Crippen molar-refractivity contribution in [2.45, 2.75) is 44.4 Å². The number of carbonyl (C=O) groups excluding carboxylic acids is 1. The van der Waals surface area contributed by atoms with E-state index in [1.165, 1.54) is 11.6 Å². The maximum absolute atomic E-state index is 13.5. The molecular formula is C29H28F2N2O3. The third kappa shape index (κ3) is 5.10.